The van der Waals surface area contributed by atoms with Gasteiger partial charge in [-0.05, 0) is 61.5 Å². The molecule has 0 fully saturated rings. The van der Waals surface area contributed by atoms with Gasteiger partial charge in [0.25, 0.3) is 15.9 Å². The molecule has 0 aliphatic rings. The second-order valence-electron chi connectivity index (χ2n) is 6.86. The van der Waals surface area contributed by atoms with Crippen molar-refractivity contribution in [2.45, 2.75) is 17.9 Å². The van der Waals surface area contributed by atoms with Crippen LogP contribution >= 0.6 is 0 Å². The van der Waals surface area contributed by atoms with Gasteiger partial charge in [-0.1, -0.05) is 0 Å². The van der Waals surface area contributed by atoms with Crippen LogP contribution in [0.15, 0.2) is 70.2 Å². The largest absolute Gasteiger partial charge is 0.497 e. The van der Waals surface area contributed by atoms with Crippen LogP contribution in [-0.2, 0) is 14.8 Å². The van der Waals surface area contributed by atoms with Gasteiger partial charge in [0, 0.05) is 11.4 Å². The molecule has 11 heteroatoms. The van der Waals surface area contributed by atoms with Crippen LogP contribution in [0.3, 0.4) is 0 Å². The third kappa shape index (κ3) is 5.83. The van der Waals surface area contributed by atoms with Crippen molar-refractivity contribution in [2.24, 2.45) is 0 Å². The van der Waals surface area contributed by atoms with Crippen LogP contribution in [0.2, 0.25) is 0 Å². The van der Waals surface area contributed by atoms with Gasteiger partial charge >= 0.3 is 0 Å². The van der Waals surface area contributed by atoms with Gasteiger partial charge in [-0.25, -0.2) is 8.42 Å². The number of hydrogen-bond acceptors (Lipinski definition) is 7. The monoisotopic (exact) mass is 473 g/mol. The Balaban J connectivity index is 1.76. The third-order valence-electron chi connectivity index (χ3n) is 4.55. The molecule has 2 amide bonds. The van der Waals surface area contributed by atoms with Gasteiger partial charge < -0.3 is 24.5 Å². The van der Waals surface area contributed by atoms with E-state index in [1.165, 1.54) is 51.7 Å². The highest BCUT2D eigenvalue weighted by Gasteiger charge is 2.23. The van der Waals surface area contributed by atoms with Crippen molar-refractivity contribution in [1.29, 1.82) is 0 Å². The predicted molar refractivity (Wildman–Crippen MR) is 121 cm³/mol. The van der Waals surface area contributed by atoms with Gasteiger partial charge in [-0.15, -0.1) is 0 Å². The molecule has 1 unspecified atom stereocenters. The molecule has 0 spiro atoms. The van der Waals surface area contributed by atoms with E-state index in [0.717, 1.165) is 0 Å². The van der Waals surface area contributed by atoms with Crippen molar-refractivity contribution < 1.29 is 31.9 Å². The molecule has 2 aromatic carbocycles. The zero-order valence-electron chi connectivity index (χ0n) is 18.1. The van der Waals surface area contributed by atoms with E-state index in [4.69, 9.17) is 13.9 Å². The summed E-state index contributed by atoms with van der Waals surface area (Å²) in [7, 11) is -1.21. The lowest BCUT2D eigenvalue weighted by atomic mass is 10.2. The fourth-order valence-corrected chi connectivity index (χ4v) is 4.08. The first-order chi connectivity index (χ1) is 15.7. The number of methoxy groups -OCH3 is 2. The van der Waals surface area contributed by atoms with Gasteiger partial charge in [0.2, 0.25) is 5.91 Å². The summed E-state index contributed by atoms with van der Waals surface area (Å²) in [5.74, 6) is -0.366. The normalized spacial score (nSPS) is 11.8. The van der Waals surface area contributed by atoms with E-state index >= 15 is 0 Å². The van der Waals surface area contributed by atoms with E-state index in [1.807, 2.05) is 0 Å². The minimum Gasteiger partial charge on any atom is -0.497 e. The first-order valence-corrected chi connectivity index (χ1v) is 11.2. The average Bonchev–Trinajstić information content (AvgIpc) is 3.34. The van der Waals surface area contributed by atoms with E-state index in [1.54, 1.807) is 30.3 Å². The number of benzene rings is 2. The van der Waals surface area contributed by atoms with Gasteiger partial charge in [0.1, 0.15) is 22.4 Å². The maximum atomic E-state index is 13.0. The van der Waals surface area contributed by atoms with Gasteiger partial charge in [-0.2, -0.15) is 0 Å². The Bertz CT molecular complexity index is 1220. The molecule has 0 aliphatic carbocycles. The fraction of sp³-hybridized carbons (Fsp3) is 0.182. The number of nitrogens with one attached hydrogen (secondary N) is 3. The highest BCUT2D eigenvalue weighted by molar-refractivity contribution is 7.92. The molecule has 3 aromatic rings. The standard InChI is InChI=1S/C22H23N3O7S/c1-14(23-22(27)19-5-4-12-32-19)21(26)24-16-8-11-18(31-3)20(13-16)33(28,29)25-15-6-9-17(30-2)10-7-15/h4-14,25H,1-3H3,(H,23,27)(H,24,26). The second-order valence-corrected chi connectivity index (χ2v) is 8.51. The number of ether oxygens (including phenoxy) is 2. The van der Waals surface area contributed by atoms with Crippen LogP contribution in [0.25, 0.3) is 0 Å². The summed E-state index contributed by atoms with van der Waals surface area (Å²) in [6.07, 6.45) is 1.35. The number of hydrogen-bond donors (Lipinski definition) is 3. The predicted octanol–water partition coefficient (Wildman–Crippen LogP) is 2.85. The van der Waals surface area contributed by atoms with Crippen LogP contribution in [0.4, 0.5) is 11.4 Å². The van der Waals surface area contributed by atoms with E-state index in [2.05, 4.69) is 15.4 Å². The van der Waals surface area contributed by atoms with Gasteiger partial charge in [0.15, 0.2) is 5.76 Å². The highest BCUT2D eigenvalue weighted by Crippen LogP contribution is 2.29. The Kier molecular flexibility index (Phi) is 7.23. The molecule has 1 aromatic heterocycles. The number of carbonyl (C=O) groups is 2. The Morgan fingerprint density at radius 3 is 2.27 bits per heavy atom. The Morgan fingerprint density at radius 2 is 1.67 bits per heavy atom. The molecule has 0 saturated carbocycles. The lowest BCUT2D eigenvalue weighted by molar-refractivity contribution is -0.117. The molecule has 10 nitrogen and oxygen atoms in total. The van der Waals surface area contributed by atoms with E-state index in [9.17, 15) is 18.0 Å². The zero-order valence-corrected chi connectivity index (χ0v) is 18.9. The van der Waals surface area contributed by atoms with Crippen molar-refractivity contribution in [3.63, 3.8) is 0 Å². The number of carbonyl (C=O) groups excluding carboxylic acids is 2. The maximum absolute atomic E-state index is 13.0. The Labute approximate surface area is 190 Å². The summed E-state index contributed by atoms with van der Waals surface area (Å²) >= 11 is 0. The minimum absolute atomic E-state index is 0.0667. The summed E-state index contributed by atoms with van der Waals surface area (Å²) in [6.45, 7) is 1.49. The molecule has 0 aliphatic heterocycles. The molecule has 0 bridgehead atoms. The van der Waals surface area contributed by atoms with Crippen LogP contribution in [0, 0.1) is 0 Å². The van der Waals surface area contributed by atoms with Gasteiger partial charge in [-0.3, -0.25) is 14.3 Å². The molecule has 0 radical (unpaired) electrons. The molecule has 0 saturated heterocycles. The second kappa shape index (κ2) is 10.1. The minimum atomic E-state index is -4.05. The van der Waals surface area contributed by atoms with Crippen LogP contribution in [0.1, 0.15) is 17.5 Å². The first-order valence-electron chi connectivity index (χ1n) is 9.73. The molecule has 3 rings (SSSR count). The Hall–Kier alpha value is -3.99. The molecule has 1 heterocycles. The summed E-state index contributed by atoms with van der Waals surface area (Å²) in [6, 6.07) is 12.6. The maximum Gasteiger partial charge on any atom is 0.287 e. The SMILES string of the molecule is COc1ccc(NS(=O)(=O)c2cc(NC(=O)C(C)NC(=O)c3ccco3)ccc2OC)cc1. The molecular formula is C22H23N3O7S. The van der Waals surface area contributed by atoms with E-state index < -0.39 is 27.9 Å². The lowest BCUT2D eigenvalue weighted by Crippen LogP contribution is -2.41. The summed E-state index contributed by atoms with van der Waals surface area (Å²) in [5.41, 5.74) is 0.525. The van der Waals surface area contributed by atoms with Crippen molar-refractivity contribution >= 4 is 33.2 Å². The number of furan rings is 1. The number of rotatable bonds is 9. The summed E-state index contributed by atoms with van der Waals surface area (Å²) in [5, 5.41) is 5.09. The summed E-state index contributed by atoms with van der Waals surface area (Å²) < 4.78 is 43.7. The van der Waals surface area contributed by atoms with E-state index in [-0.39, 0.29) is 22.1 Å². The topological polar surface area (TPSA) is 136 Å². The summed E-state index contributed by atoms with van der Waals surface area (Å²) in [4.78, 5) is 24.4. The number of sulfonamides is 1. The Morgan fingerprint density at radius 1 is 0.970 bits per heavy atom. The van der Waals surface area contributed by atoms with Crippen molar-refractivity contribution in [1.82, 2.24) is 5.32 Å². The van der Waals surface area contributed by atoms with Gasteiger partial charge in [0.05, 0.1) is 20.5 Å². The number of anilines is 2. The fourth-order valence-electron chi connectivity index (χ4n) is 2.83. The van der Waals surface area contributed by atoms with Crippen molar-refractivity contribution in [3.8, 4) is 11.5 Å². The lowest BCUT2D eigenvalue weighted by Gasteiger charge is -2.16. The first kappa shape index (κ1) is 23.7. The molecular weight excluding hydrogens is 450 g/mol. The average molecular weight is 474 g/mol. The van der Waals surface area contributed by atoms with Crippen LogP contribution in [-0.4, -0.2) is 40.5 Å². The molecule has 3 N–H and O–H groups in total. The molecule has 33 heavy (non-hydrogen) atoms. The van der Waals surface area contributed by atoms with Crippen molar-refractivity contribution in [3.05, 3.63) is 66.6 Å². The smallest absolute Gasteiger partial charge is 0.287 e. The quantitative estimate of drug-likeness (QED) is 0.435. The molecule has 174 valence electrons. The van der Waals surface area contributed by atoms with Crippen LogP contribution < -0.4 is 24.8 Å². The van der Waals surface area contributed by atoms with Crippen molar-refractivity contribution in [2.75, 3.05) is 24.3 Å². The third-order valence-corrected chi connectivity index (χ3v) is 5.95. The molecule has 1 atom stereocenters. The van der Waals surface area contributed by atoms with Crippen LogP contribution in [0.5, 0.6) is 11.5 Å². The zero-order chi connectivity index (χ0) is 24.0. The van der Waals surface area contributed by atoms with E-state index in [0.29, 0.717) is 11.4 Å². The highest BCUT2D eigenvalue weighted by atomic mass is 32.2. The number of amides is 2.